The van der Waals surface area contributed by atoms with Crippen LogP contribution in [-0.2, 0) is 11.2 Å². The van der Waals surface area contributed by atoms with Crippen LogP contribution in [0.2, 0.25) is 0 Å². The van der Waals surface area contributed by atoms with E-state index in [2.05, 4.69) is 12.1 Å². The predicted octanol–water partition coefficient (Wildman–Crippen LogP) is 3.66. The fourth-order valence-corrected chi connectivity index (χ4v) is 1.76. The van der Waals surface area contributed by atoms with E-state index in [-0.39, 0.29) is 5.75 Å². The van der Waals surface area contributed by atoms with Gasteiger partial charge in [-0.15, -0.1) is 0 Å². The van der Waals surface area contributed by atoms with Crippen molar-refractivity contribution in [2.45, 2.75) is 6.42 Å². The molecule has 2 rings (SSSR count). The van der Waals surface area contributed by atoms with Crippen molar-refractivity contribution < 1.29 is 9.84 Å². The van der Waals surface area contributed by atoms with Crippen LogP contribution >= 0.6 is 0 Å². The van der Waals surface area contributed by atoms with E-state index in [0.29, 0.717) is 6.61 Å². The Morgan fingerprint density at radius 1 is 0.947 bits per heavy atom. The molecule has 0 bridgehead atoms. The van der Waals surface area contributed by atoms with Crippen LogP contribution in [0.4, 0.5) is 0 Å². The Hall–Kier alpha value is -2.06. The number of rotatable bonds is 6. The summed E-state index contributed by atoms with van der Waals surface area (Å²) >= 11 is 0. The zero-order chi connectivity index (χ0) is 13.3. The van der Waals surface area contributed by atoms with Crippen molar-refractivity contribution in [3.8, 4) is 5.75 Å². The normalized spacial score (nSPS) is 10.9. The highest BCUT2D eigenvalue weighted by molar-refractivity contribution is 5.50. The number of phenolic OH excluding ortho intramolecular Hbond substituents is 1. The van der Waals surface area contributed by atoms with Gasteiger partial charge in [0.1, 0.15) is 5.75 Å². The van der Waals surface area contributed by atoms with Crippen LogP contribution in [-0.4, -0.2) is 18.3 Å². The third kappa shape index (κ3) is 4.98. The maximum absolute atomic E-state index is 9.16. The Balaban J connectivity index is 1.65. The Bertz CT molecular complexity index is 501. The minimum absolute atomic E-state index is 0.288. The van der Waals surface area contributed by atoms with Crippen molar-refractivity contribution in [2.24, 2.45) is 0 Å². The highest BCUT2D eigenvalue weighted by Crippen LogP contribution is 2.10. The van der Waals surface area contributed by atoms with Crippen LogP contribution in [0.15, 0.2) is 60.7 Å². The van der Waals surface area contributed by atoms with Gasteiger partial charge in [-0.1, -0.05) is 54.6 Å². The van der Waals surface area contributed by atoms with Gasteiger partial charge in [-0.3, -0.25) is 0 Å². The maximum Gasteiger partial charge on any atom is 0.115 e. The average molecular weight is 254 g/mol. The molecule has 0 heterocycles. The second kappa shape index (κ2) is 7.39. The third-order valence-electron chi connectivity index (χ3n) is 2.80. The Labute approximate surface area is 114 Å². The lowest BCUT2D eigenvalue weighted by Crippen LogP contribution is -1.98. The Morgan fingerprint density at radius 2 is 1.68 bits per heavy atom. The van der Waals surface area contributed by atoms with Gasteiger partial charge in [0, 0.05) is 0 Å². The van der Waals surface area contributed by atoms with Crippen molar-refractivity contribution in [2.75, 3.05) is 13.2 Å². The van der Waals surface area contributed by atoms with E-state index in [1.807, 2.05) is 42.5 Å². The van der Waals surface area contributed by atoms with Crippen LogP contribution < -0.4 is 0 Å². The molecule has 98 valence electrons. The second-order valence-electron chi connectivity index (χ2n) is 4.30. The summed E-state index contributed by atoms with van der Waals surface area (Å²) in [5.41, 5.74) is 2.36. The average Bonchev–Trinajstić information content (AvgIpc) is 2.46. The molecule has 2 aromatic rings. The summed E-state index contributed by atoms with van der Waals surface area (Å²) in [6, 6.07) is 17.4. The largest absolute Gasteiger partial charge is 0.508 e. The fourth-order valence-electron chi connectivity index (χ4n) is 1.76. The van der Waals surface area contributed by atoms with Gasteiger partial charge < -0.3 is 9.84 Å². The number of hydrogen-bond donors (Lipinski definition) is 1. The van der Waals surface area contributed by atoms with E-state index >= 15 is 0 Å². The standard InChI is InChI=1S/C17H18O2/c18-17-10-8-16(9-11-17)7-4-13-19-14-12-15-5-2-1-3-6-15/h1-11,18H,12-14H2/b7-4+. The molecular formula is C17H18O2. The summed E-state index contributed by atoms with van der Waals surface area (Å²) in [5, 5.41) is 9.16. The van der Waals surface area contributed by atoms with Crippen LogP contribution in [0.1, 0.15) is 11.1 Å². The summed E-state index contributed by atoms with van der Waals surface area (Å²) in [6.45, 7) is 1.33. The van der Waals surface area contributed by atoms with E-state index in [1.165, 1.54) is 5.56 Å². The van der Waals surface area contributed by atoms with E-state index in [9.17, 15) is 0 Å². The summed E-state index contributed by atoms with van der Waals surface area (Å²) < 4.78 is 5.55. The summed E-state index contributed by atoms with van der Waals surface area (Å²) in [5.74, 6) is 0.288. The molecule has 0 amide bonds. The molecule has 0 spiro atoms. The van der Waals surface area contributed by atoms with Gasteiger partial charge in [-0.25, -0.2) is 0 Å². The maximum atomic E-state index is 9.16. The number of hydrogen-bond acceptors (Lipinski definition) is 2. The van der Waals surface area contributed by atoms with Crippen LogP contribution in [0.3, 0.4) is 0 Å². The van der Waals surface area contributed by atoms with E-state index in [0.717, 1.165) is 18.6 Å². The van der Waals surface area contributed by atoms with Crippen LogP contribution in [0.25, 0.3) is 6.08 Å². The first-order valence-corrected chi connectivity index (χ1v) is 6.42. The van der Waals surface area contributed by atoms with Crippen molar-refractivity contribution in [1.82, 2.24) is 0 Å². The van der Waals surface area contributed by atoms with E-state index in [4.69, 9.17) is 9.84 Å². The SMILES string of the molecule is Oc1ccc(/C=C/COCCc2ccccc2)cc1. The monoisotopic (exact) mass is 254 g/mol. The first-order valence-electron chi connectivity index (χ1n) is 6.42. The van der Waals surface area contributed by atoms with Crippen molar-refractivity contribution >= 4 is 6.08 Å². The lowest BCUT2D eigenvalue weighted by atomic mass is 10.2. The molecule has 19 heavy (non-hydrogen) atoms. The van der Waals surface area contributed by atoms with E-state index in [1.54, 1.807) is 12.1 Å². The predicted molar refractivity (Wildman–Crippen MR) is 78.1 cm³/mol. The highest BCUT2D eigenvalue weighted by Gasteiger charge is 1.91. The highest BCUT2D eigenvalue weighted by atomic mass is 16.5. The third-order valence-corrected chi connectivity index (χ3v) is 2.80. The topological polar surface area (TPSA) is 29.5 Å². The smallest absolute Gasteiger partial charge is 0.115 e. The van der Waals surface area contributed by atoms with Gasteiger partial charge in [0.05, 0.1) is 13.2 Å². The molecule has 0 atom stereocenters. The molecule has 2 nitrogen and oxygen atoms in total. The van der Waals surface area contributed by atoms with Gasteiger partial charge in [0.25, 0.3) is 0 Å². The van der Waals surface area contributed by atoms with Crippen LogP contribution in [0.5, 0.6) is 5.75 Å². The fraction of sp³-hybridized carbons (Fsp3) is 0.176. The van der Waals surface area contributed by atoms with E-state index < -0.39 is 0 Å². The Kier molecular flexibility index (Phi) is 5.20. The summed E-state index contributed by atoms with van der Waals surface area (Å²) in [7, 11) is 0. The quantitative estimate of drug-likeness (QED) is 0.797. The number of benzene rings is 2. The van der Waals surface area contributed by atoms with Crippen molar-refractivity contribution in [1.29, 1.82) is 0 Å². The van der Waals surface area contributed by atoms with Crippen molar-refractivity contribution in [3.63, 3.8) is 0 Å². The molecule has 1 N–H and O–H groups in total. The minimum Gasteiger partial charge on any atom is -0.508 e. The van der Waals surface area contributed by atoms with Gasteiger partial charge in [-0.2, -0.15) is 0 Å². The molecule has 0 saturated carbocycles. The molecule has 0 aliphatic carbocycles. The molecule has 2 heteroatoms. The number of phenols is 1. The molecule has 0 fully saturated rings. The van der Waals surface area contributed by atoms with Crippen LogP contribution in [0, 0.1) is 0 Å². The molecule has 0 saturated heterocycles. The molecule has 0 radical (unpaired) electrons. The zero-order valence-corrected chi connectivity index (χ0v) is 10.8. The first kappa shape index (κ1) is 13.4. The van der Waals surface area contributed by atoms with Gasteiger partial charge in [-0.05, 0) is 29.7 Å². The second-order valence-corrected chi connectivity index (χ2v) is 4.30. The lowest BCUT2D eigenvalue weighted by molar-refractivity contribution is 0.166. The van der Waals surface area contributed by atoms with Crippen molar-refractivity contribution in [3.05, 3.63) is 71.8 Å². The van der Waals surface area contributed by atoms with Gasteiger partial charge in [0.15, 0.2) is 0 Å². The molecule has 0 aliphatic heterocycles. The van der Waals surface area contributed by atoms with Gasteiger partial charge >= 0.3 is 0 Å². The molecular weight excluding hydrogens is 236 g/mol. The van der Waals surface area contributed by atoms with Gasteiger partial charge in [0.2, 0.25) is 0 Å². The first-order chi connectivity index (χ1) is 9.34. The molecule has 0 unspecified atom stereocenters. The number of aromatic hydroxyl groups is 1. The Morgan fingerprint density at radius 3 is 2.42 bits per heavy atom. The summed E-state index contributed by atoms with van der Waals surface area (Å²) in [6.07, 6.45) is 4.91. The molecule has 0 aromatic heterocycles. The molecule has 2 aromatic carbocycles. The lowest BCUT2D eigenvalue weighted by Gasteiger charge is -2.01. The minimum atomic E-state index is 0.288. The number of ether oxygens (including phenoxy) is 1. The summed E-state index contributed by atoms with van der Waals surface area (Å²) in [4.78, 5) is 0. The zero-order valence-electron chi connectivity index (χ0n) is 10.8. The molecule has 0 aliphatic rings.